The van der Waals surface area contributed by atoms with E-state index >= 15 is 0 Å². The Balaban J connectivity index is 1.79. The van der Waals surface area contributed by atoms with E-state index < -0.39 is 0 Å². The van der Waals surface area contributed by atoms with Gasteiger partial charge < -0.3 is 11.1 Å². The van der Waals surface area contributed by atoms with Gasteiger partial charge in [-0.25, -0.2) is 0 Å². The number of hydrogen-bond donors (Lipinski definition) is 2. The fourth-order valence-electron chi connectivity index (χ4n) is 2.09. The summed E-state index contributed by atoms with van der Waals surface area (Å²) in [5, 5.41) is 8.61. The van der Waals surface area contributed by atoms with Crippen LogP contribution in [0.2, 0.25) is 0 Å². The summed E-state index contributed by atoms with van der Waals surface area (Å²) in [5.41, 5.74) is 8.51. The Labute approximate surface area is 111 Å². The smallest absolute Gasteiger partial charge is 0.0951 e. The van der Waals surface area contributed by atoms with Gasteiger partial charge in [0.15, 0.2) is 0 Å². The third-order valence-electron chi connectivity index (χ3n) is 3.02. The van der Waals surface area contributed by atoms with E-state index in [2.05, 4.69) is 15.4 Å². The Morgan fingerprint density at radius 2 is 2.11 bits per heavy atom. The van der Waals surface area contributed by atoms with Crippen molar-refractivity contribution >= 4 is 22.3 Å². The number of nitrogens with one attached hydrogen (secondary N) is 1. The second kappa shape index (κ2) is 4.97. The van der Waals surface area contributed by atoms with Gasteiger partial charge in [-0.05, 0) is 18.2 Å². The van der Waals surface area contributed by atoms with Crippen LogP contribution in [0.25, 0.3) is 10.9 Å². The quantitative estimate of drug-likeness (QED) is 0.699. The second-order valence-electron chi connectivity index (χ2n) is 4.30. The van der Waals surface area contributed by atoms with Crippen molar-refractivity contribution in [1.82, 2.24) is 14.8 Å². The van der Waals surface area contributed by atoms with Crippen LogP contribution in [-0.2, 0) is 6.54 Å². The minimum absolute atomic E-state index is 0.702. The first-order valence-corrected chi connectivity index (χ1v) is 6.19. The zero-order valence-corrected chi connectivity index (χ0v) is 10.5. The van der Waals surface area contributed by atoms with Gasteiger partial charge in [-0.15, -0.1) is 0 Å². The number of pyridine rings is 1. The van der Waals surface area contributed by atoms with Gasteiger partial charge in [0.2, 0.25) is 0 Å². The van der Waals surface area contributed by atoms with Gasteiger partial charge in [0, 0.05) is 36.2 Å². The van der Waals surface area contributed by atoms with Crippen molar-refractivity contribution in [1.29, 1.82) is 0 Å². The molecule has 2 heterocycles. The molecule has 3 aromatic rings. The first-order valence-electron chi connectivity index (χ1n) is 6.19. The molecule has 0 saturated heterocycles. The highest BCUT2D eigenvalue weighted by Gasteiger charge is 2.03. The Hall–Kier alpha value is -2.56. The number of para-hydroxylation sites is 1. The highest BCUT2D eigenvalue weighted by atomic mass is 15.3. The maximum Gasteiger partial charge on any atom is 0.0951 e. The molecule has 2 aromatic heterocycles. The number of fused-ring (bicyclic) bond motifs is 1. The Kier molecular flexibility index (Phi) is 3.02. The van der Waals surface area contributed by atoms with E-state index in [0.29, 0.717) is 5.69 Å². The van der Waals surface area contributed by atoms with Gasteiger partial charge in [0.25, 0.3) is 0 Å². The fraction of sp³-hybridized carbons (Fsp3) is 0.143. The summed E-state index contributed by atoms with van der Waals surface area (Å²) in [7, 11) is 0. The molecule has 0 bridgehead atoms. The average Bonchev–Trinajstić information content (AvgIpc) is 2.93. The minimum atomic E-state index is 0.702. The summed E-state index contributed by atoms with van der Waals surface area (Å²) in [6.07, 6.45) is 5.50. The third kappa shape index (κ3) is 2.35. The highest BCUT2D eigenvalue weighted by Crippen LogP contribution is 2.25. The van der Waals surface area contributed by atoms with Crippen LogP contribution in [0.4, 0.5) is 11.4 Å². The molecular formula is C14H15N5. The second-order valence-corrected chi connectivity index (χ2v) is 4.30. The van der Waals surface area contributed by atoms with Crippen molar-refractivity contribution in [2.75, 3.05) is 17.6 Å². The largest absolute Gasteiger partial charge is 0.397 e. The monoisotopic (exact) mass is 253 g/mol. The molecule has 0 aliphatic rings. The normalized spacial score (nSPS) is 10.7. The zero-order chi connectivity index (χ0) is 13.1. The maximum absolute atomic E-state index is 5.93. The number of rotatable bonds is 4. The van der Waals surface area contributed by atoms with Crippen LogP contribution >= 0.6 is 0 Å². The predicted octanol–water partition coefficient (Wildman–Crippen LogP) is 2.13. The van der Waals surface area contributed by atoms with Gasteiger partial charge in [-0.2, -0.15) is 5.10 Å². The van der Waals surface area contributed by atoms with Gasteiger partial charge in [-0.3, -0.25) is 9.67 Å². The van der Waals surface area contributed by atoms with Crippen LogP contribution < -0.4 is 11.1 Å². The SMILES string of the molecule is Nc1cccc2c(NCCn3cccn3)ccnc12. The molecule has 0 radical (unpaired) electrons. The maximum atomic E-state index is 5.93. The first kappa shape index (κ1) is 11.5. The molecule has 0 aliphatic carbocycles. The van der Waals surface area contributed by atoms with Crippen LogP contribution in [0.5, 0.6) is 0 Å². The summed E-state index contributed by atoms with van der Waals surface area (Å²) in [6, 6.07) is 9.71. The molecule has 0 fully saturated rings. The molecule has 3 N–H and O–H groups in total. The summed E-state index contributed by atoms with van der Waals surface area (Å²) in [4.78, 5) is 4.32. The fourth-order valence-corrected chi connectivity index (χ4v) is 2.09. The lowest BCUT2D eigenvalue weighted by molar-refractivity contribution is 0.638. The molecule has 0 aliphatic heterocycles. The predicted molar refractivity (Wildman–Crippen MR) is 76.9 cm³/mol. The number of benzene rings is 1. The summed E-state index contributed by atoms with van der Waals surface area (Å²) >= 11 is 0. The molecule has 0 unspecified atom stereocenters. The Morgan fingerprint density at radius 1 is 1.16 bits per heavy atom. The molecule has 19 heavy (non-hydrogen) atoms. The topological polar surface area (TPSA) is 68.8 Å². The van der Waals surface area contributed by atoms with Crippen LogP contribution in [0.15, 0.2) is 48.9 Å². The molecule has 0 atom stereocenters. The minimum Gasteiger partial charge on any atom is -0.397 e. The van der Waals surface area contributed by atoms with E-state index in [4.69, 9.17) is 5.73 Å². The van der Waals surface area contributed by atoms with Crippen molar-refractivity contribution in [3.8, 4) is 0 Å². The van der Waals surface area contributed by atoms with E-state index in [1.54, 1.807) is 12.4 Å². The molecule has 0 saturated carbocycles. The molecule has 0 amide bonds. The number of nitrogens with zero attached hydrogens (tertiary/aromatic N) is 3. The standard InChI is InChI=1S/C14H15N5/c15-12-4-1-3-11-13(5-7-17-14(11)12)16-8-10-19-9-2-6-18-19/h1-7,9H,8,10,15H2,(H,16,17). The van der Waals surface area contributed by atoms with Crippen LogP contribution in [0.3, 0.4) is 0 Å². The molecule has 3 rings (SSSR count). The van der Waals surface area contributed by atoms with Crippen molar-refractivity contribution < 1.29 is 0 Å². The summed E-state index contributed by atoms with van der Waals surface area (Å²) in [6.45, 7) is 1.62. The van der Waals surface area contributed by atoms with E-state index in [1.165, 1.54) is 0 Å². The third-order valence-corrected chi connectivity index (χ3v) is 3.02. The number of nitrogen functional groups attached to an aromatic ring is 1. The van der Waals surface area contributed by atoms with E-state index in [1.807, 2.05) is 41.2 Å². The highest BCUT2D eigenvalue weighted by molar-refractivity contribution is 5.97. The number of hydrogen-bond acceptors (Lipinski definition) is 4. The summed E-state index contributed by atoms with van der Waals surface area (Å²) < 4.78 is 1.89. The first-order chi connectivity index (χ1) is 9.34. The van der Waals surface area contributed by atoms with Gasteiger partial charge in [-0.1, -0.05) is 12.1 Å². The number of anilines is 2. The molecule has 5 heteroatoms. The van der Waals surface area contributed by atoms with E-state index in [9.17, 15) is 0 Å². The van der Waals surface area contributed by atoms with Crippen molar-refractivity contribution in [2.45, 2.75) is 6.54 Å². The number of aromatic nitrogens is 3. The molecule has 96 valence electrons. The van der Waals surface area contributed by atoms with Crippen LogP contribution in [0.1, 0.15) is 0 Å². The van der Waals surface area contributed by atoms with Gasteiger partial charge in [0.05, 0.1) is 17.7 Å². The van der Waals surface area contributed by atoms with Crippen molar-refractivity contribution in [2.24, 2.45) is 0 Å². The number of nitrogens with two attached hydrogens (primary N) is 1. The molecule has 0 spiro atoms. The lowest BCUT2D eigenvalue weighted by atomic mass is 10.1. The summed E-state index contributed by atoms with van der Waals surface area (Å²) in [5.74, 6) is 0. The Morgan fingerprint density at radius 3 is 2.95 bits per heavy atom. The Bertz CT molecular complexity index is 675. The van der Waals surface area contributed by atoms with Crippen molar-refractivity contribution in [3.05, 3.63) is 48.9 Å². The lowest BCUT2D eigenvalue weighted by Gasteiger charge is -2.10. The van der Waals surface area contributed by atoms with Crippen molar-refractivity contribution in [3.63, 3.8) is 0 Å². The average molecular weight is 253 g/mol. The zero-order valence-electron chi connectivity index (χ0n) is 10.5. The molecule has 1 aromatic carbocycles. The lowest BCUT2D eigenvalue weighted by Crippen LogP contribution is -2.11. The van der Waals surface area contributed by atoms with Gasteiger partial charge >= 0.3 is 0 Å². The van der Waals surface area contributed by atoms with E-state index in [0.717, 1.165) is 29.7 Å². The molecular weight excluding hydrogens is 238 g/mol. The van der Waals surface area contributed by atoms with Gasteiger partial charge in [0.1, 0.15) is 0 Å². The van der Waals surface area contributed by atoms with Crippen LogP contribution in [-0.4, -0.2) is 21.3 Å². The van der Waals surface area contributed by atoms with Crippen LogP contribution in [0, 0.1) is 0 Å². The molecule has 5 nitrogen and oxygen atoms in total. The van der Waals surface area contributed by atoms with E-state index in [-0.39, 0.29) is 0 Å².